The van der Waals surface area contributed by atoms with Crippen LogP contribution < -0.4 is 5.73 Å². The van der Waals surface area contributed by atoms with Gasteiger partial charge in [0.15, 0.2) is 0 Å². The van der Waals surface area contributed by atoms with Crippen LogP contribution in [0.4, 0.5) is 0 Å². The molecule has 2 N–H and O–H groups in total. The zero-order valence-corrected chi connectivity index (χ0v) is 13.1. The normalized spacial score (nSPS) is 14.1. The van der Waals surface area contributed by atoms with Gasteiger partial charge in [-0.25, -0.2) is 0 Å². The summed E-state index contributed by atoms with van der Waals surface area (Å²) in [7, 11) is 1.99. The average molecular weight is 302 g/mol. The largest absolute Gasteiger partial charge is 0.327 e. The smallest absolute Gasteiger partial charge is 0.0766 e. The molecule has 0 radical (unpaired) electrons. The molecule has 3 nitrogen and oxygen atoms in total. The molecule has 1 atom stereocenters. The van der Waals surface area contributed by atoms with Crippen molar-refractivity contribution in [2.75, 3.05) is 0 Å². The maximum absolute atomic E-state index is 6.22. The topological polar surface area (TPSA) is 43.8 Å². The van der Waals surface area contributed by atoms with Crippen molar-refractivity contribution in [1.82, 2.24) is 9.78 Å². The first-order valence-electron chi connectivity index (χ1n) is 6.20. The third-order valence-corrected chi connectivity index (χ3v) is 3.75. The van der Waals surface area contributed by atoms with Crippen LogP contribution in [-0.4, -0.2) is 15.8 Å². The fraction of sp³-hybridized carbons (Fsp3) is 0.769. The van der Waals surface area contributed by atoms with E-state index in [0.29, 0.717) is 0 Å². The Balaban J connectivity index is 2.78. The Kier molecular flexibility index (Phi) is 4.78. The summed E-state index contributed by atoms with van der Waals surface area (Å²) in [5.41, 5.74) is 8.82. The van der Waals surface area contributed by atoms with Crippen LogP contribution in [0.1, 0.15) is 45.5 Å². The lowest BCUT2D eigenvalue weighted by Gasteiger charge is -2.23. The molecule has 1 rings (SSSR count). The van der Waals surface area contributed by atoms with E-state index in [1.54, 1.807) is 0 Å². The Morgan fingerprint density at radius 3 is 2.41 bits per heavy atom. The lowest BCUT2D eigenvalue weighted by molar-refractivity contribution is 0.336. The molecule has 0 fully saturated rings. The van der Waals surface area contributed by atoms with Crippen LogP contribution in [0.3, 0.4) is 0 Å². The lowest BCUT2D eigenvalue weighted by Crippen LogP contribution is -2.29. The van der Waals surface area contributed by atoms with Gasteiger partial charge in [0.1, 0.15) is 0 Å². The van der Waals surface area contributed by atoms with Gasteiger partial charge in [-0.15, -0.1) is 0 Å². The Morgan fingerprint density at radius 1 is 1.41 bits per heavy atom. The Hall–Kier alpha value is -0.350. The standard InChI is InChI=1S/C13H24BrN3/c1-6-10-12(14)11(17(5)16-10)7-9(15)8-13(2,3)4/h9H,6-8,15H2,1-5H3. The van der Waals surface area contributed by atoms with Gasteiger partial charge in [-0.1, -0.05) is 27.7 Å². The number of nitrogens with zero attached hydrogens (tertiary/aromatic N) is 2. The molecule has 4 heteroatoms. The van der Waals surface area contributed by atoms with E-state index < -0.39 is 0 Å². The van der Waals surface area contributed by atoms with Gasteiger partial charge in [-0.3, -0.25) is 4.68 Å². The molecule has 0 saturated heterocycles. The zero-order valence-electron chi connectivity index (χ0n) is 11.5. The second-order valence-corrected chi connectivity index (χ2v) is 6.71. The van der Waals surface area contributed by atoms with E-state index in [-0.39, 0.29) is 11.5 Å². The zero-order chi connectivity index (χ0) is 13.2. The molecule has 0 aliphatic carbocycles. The van der Waals surface area contributed by atoms with Crippen LogP contribution in [0.25, 0.3) is 0 Å². The highest BCUT2D eigenvalue weighted by molar-refractivity contribution is 9.10. The molecule has 1 aromatic rings. The minimum Gasteiger partial charge on any atom is -0.327 e. The molecule has 0 spiro atoms. The van der Waals surface area contributed by atoms with Crippen molar-refractivity contribution in [3.8, 4) is 0 Å². The highest BCUT2D eigenvalue weighted by Crippen LogP contribution is 2.26. The number of hydrogen-bond acceptors (Lipinski definition) is 2. The van der Waals surface area contributed by atoms with E-state index in [1.165, 1.54) is 5.69 Å². The number of hydrogen-bond donors (Lipinski definition) is 1. The molecular formula is C13H24BrN3. The first-order chi connectivity index (χ1) is 7.74. The van der Waals surface area contributed by atoms with Gasteiger partial charge in [-0.05, 0) is 34.2 Å². The van der Waals surface area contributed by atoms with E-state index in [1.807, 2.05) is 11.7 Å². The minimum atomic E-state index is 0.186. The van der Waals surface area contributed by atoms with Crippen molar-refractivity contribution < 1.29 is 0 Å². The molecule has 0 saturated carbocycles. The van der Waals surface area contributed by atoms with Crippen molar-refractivity contribution in [2.24, 2.45) is 18.2 Å². The number of aryl methyl sites for hydroxylation is 2. The van der Waals surface area contributed by atoms with Crippen LogP contribution in [0.5, 0.6) is 0 Å². The fourth-order valence-corrected chi connectivity index (χ4v) is 2.93. The van der Waals surface area contributed by atoms with Gasteiger partial charge in [-0.2, -0.15) is 5.10 Å². The van der Waals surface area contributed by atoms with Gasteiger partial charge in [0.05, 0.1) is 15.9 Å². The monoisotopic (exact) mass is 301 g/mol. The summed E-state index contributed by atoms with van der Waals surface area (Å²) >= 11 is 3.63. The summed E-state index contributed by atoms with van der Waals surface area (Å²) in [4.78, 5) is 0. The second kappa shape index (κ2) is 5.53. The van der Waals surface area contributed by atoms with Crippen LogP contribution in [0.15, 0.2) is 4.47 Å². The third kappa shape index (κ3) is 4.11. The predicted molar refractivity (Wildman–Crippen MR) is 76.0 cm³/mol. The summed E-state index contributed by atoms with van der Waals surface area (Å²) < 4.78 is 3.08. The Labute approximate surface area is 113 Å². The fourth-order valence-electron chi connectivity index (χ4n) is 2.15. The molecule has 1 heterocycles. The van der Waals surface area contributed by atoms with Crippen LogP contribution in [-0.2, 0) is 19.9 Å². The summed E-state index contributed by atoms with van der Waals surface area (Å²) in [5, 5.41) is 4.49. The number of halogens is 1. The van der Waals surface area contributed by atoms with Crippen LogP contribution in [0.2, 0.25) is 0 Å². The third-order valence-electron chi connectivity index (χ3n) is 2.83. The van der Waals surface area contributed by atoms with Gasteiger partial charge in [0.2, 0.25) is 0 Å². The van der Waals surface area contributed by atoms with Gasteiger partial charge >= 0.3 is 0 Å². The molecule has 0 aliphatic heterocycles. The Morgan fingerprint density at radius 2 is 2.00 bits per heavy atom. The quantitative estimate of drug-likeness (QED) is 0.929. The lowest BCUT2D eigenvalue weighted by atomic mass is 9.87. The molecule has 98 valence electrons. The maximum atomic E-state index is 6.22. The van der Waals surface area contributed by atoms with E-state index in [2.05, 4.69) is 48.7 Å². The van der Waals surface area contributed by atoms with Gasteiger partial charge in [0, 0.05) is 19.5 Å². The SMILES string of the molecule is CCc1nn(C)c(CC(N)CC(C)(C)C)c1Br. The summed E-state index contributed by atoms with van der Waals surface area (Å²) in [6.45, 7) is 8.79. The molecule has 17 heavy (non-hydrogen) atoms. The van der Waals surface area contributed by atoms with Crippen molar-refractivity contribution in [3.05, 3.63) is 15.9 Å². The summed E-state index contributed by atoms with van der Waals surface area (Å²) in [6.07, 6.45) is 2.84. The number of aromatic nitrogens is 2. The minimum absolute atomic E-state index is 0.186. The molecule has 0 bridgehead atoms. The highest BCUT2D eigenvalue weighted by Gasteiger charge is 2.19. The van der Waals surface area contributed by atoms with Crippen molar-refractivity contribution >= 4 is 15.9 Å². The van der Waals surface area contributed by atoms with Crippen molar-refractivity contribution in [3.63, 3.8) is 0 Å². The summed E-state index contributed by atoms with van der Waals surface area (Å²) in [5.74, 6) is 0. The van der Waals surface area contributed by atoms with Crippen LogP contribution >= 0.6 is 15.9 Å². The first kappa shape index (κ1) is 14.7. The van der Waals surface area contributed by atoms with Gasteiger partial charge < -0.3 is 5.73 Å². The molecule has 0 aromatic carbocycles. The van der Waals surface area contributed by atoms with E-state index in [9.17, 15) is 0 Å². The van der Waals surface area contributed by atoms with E-state index >= 15 is 0 Å². The molecule has 0 aliphatic rings. The second-order valence-electron chi connectivity index (χ2n) is 5.91. The molecular weight excluding hydrogens is 278 g/mol. The summed E-state index contributed by atoms with van der Waals surface area (Å²) in [6, 6.07) is 0.186. The van der Waals surface area contributed by atoms with Gasteiger partial charge in [0.25, 0.3) is 0 Å². The first-order valence-corrected chi connectivity index (χ1v) is 6.99. The van der Waals surface area contributed by atoms with Crippen LogP contribution in [0, 0.1) is 5.41 Å². The molecule has 1 aromatic heterocycles. The maximum Gasteiger partial charge on any atom is 0.0766 e. The molecule has 1 unspecified atom stereocenters. The number of nitrogens with two attached hydrogens (primary N) is 1. The average Bonchev–Trinajstić information content (AvgIpc) is 2.42. The Bertz CT molecular complexity index is 377. The molecule has 0 amide bonds. The highest BCUT2D eigenvalue weighted by atomic mass is 79.9. The van der Waals surface area contributed by atoms with E-state index in [4.69, 9.17) is 5.73 Å². The van der Waals surface area contributed by atoms with Crippen molar-refractivity contribution in [1.29, 1.82) is 0 Å². The predicted octanol–water partition coefficient (Wildman–Crippen LogP) is 3.05. The van der Waals surface area contributed by atoms with E-state index in [0.717, 1.165) is 29.4 Å². The van der Waals surface area contributed by atoms with Crippen molar-refractivity contribution in [2.45, 2.75) is 53.0 Å². The number of rotatable bonds is 4.